The summed E-state index contributed by atoms with van der Waals surface area (Å²) in [4.78, 5) is 34.3. The number of rotatable bonds is 6. The molecule has 0 aliphatic heterocycles. The Morgan fingerprint density at radius 2 is 1.68 bits per heavy atom. The van der Waals surface area contributed by atoms with Crippen molar-refractivity contribution in [3.8, 4) is 5.75 Å². The van der Waals surface area contributed by atoms with Crippen LogP contribution in [0.5, 0.6) is 5.75 Å². The van der Waals surface area contributed by atoms with Crippen molar-refractivity contribution in [3.05, 3.63) is 104 Å². The Morgan fingerprint density at radius 3 is 2.29 bits per heavy atom. The fourth-order valence-corrected chi connectivity index (χ4v) is 2.89. The largest absolute Gasteiger partial charge is 0.423 e. The molecule has 0 saturated carbocycles. The first-order chi connectivity index (χ1) is 14.8. The second-order valence-corrected chi connectivity index (χ2v) is 6.93. The van der Waals surface area contributed by atoms with Gasteiger partial charge in [0.25, 0.3) is 11.6 Å². The lowest BCUT2D eigenvalue weighted by atomic mass is 10.2. The summed E-state index contributed by atoms with van der Waals surface area (Å²) in [6.07, 6.45) is 1.39. The van der Waals surface area contributed by atoms with Crippen LogP contribution in [0, 0.1) is 10.1 Å². The Balaban J connectivity index is 1.57. The van der Waals surface area contributed by atoms with Gasteiger partial charge in [0.15, 0.2) is 0 Å². The lowest BCUT2D eigenvalue weighted by molar-refractivity contribution is -0.384. The first-order valence-corrected chi connectivity index (χ1v) is 9.44. The number of hydrazone groups is 1. The zero-order chi connectivity index (χ0) is 22.4. The highest BCUT2D eigenvalue weighted by Gasteiger charge is 2.13. The first kappa shape index (κ1) is 21.9. The summed E-state index contributed by atoms with van der Waals surface area (Å²) < 4.78 is 5.27. The molecule has 10 heteroatoms. The van der Waals surface area contributed by atoms with Crippen LogP contribution in [-0.2, 0) is 0 Å². The fourth-order valence-electron chi connectivity index (χ4n) is 2.40. The molecule has 3 aromatic rings. The summed E-state index contributed by atoms with van der Waals surface area (Å²) in [6, 6.07) is 16.0. The Labute approximate surface area is 186 Å². The Kier molecular flexibility index (Phi) is 6.96. The molecule has 156 valence electrons. The van der Waals surface area contributed by atoms with Crippen LogP contribution in [0.15, 0.2) is 71.8 Å². The monoisotopic (exact) mass is 457 g/mol. The van der Waals surface area contributed by atoms with Crippen molar-refractivity contribution in [3.63, 3.8) is 0 Å². The van der Waals surface area contributed by atoms with E-state index in [9.17, 15) is 19.7 Å². The zero-order valence-corrected chi connectivity index (χ0v) is 17.1. The summed E-state index contributed by atoms with van der Waals surface area (Å²) in [5.74, 6) is -0.849. The van der Waals surface area contributed by atoms with Gasteiger partial charge < -0.3 is 4.74 Å². The molecule has 0 unspecified atom stereocenters. The van der Waals surface area contributed by atoms with Crippen molar-refractivity contribution in [2.75, 3.05) is 0 Å². The van der Waals surface area contributed by atoms with Crippen LogP contribution in [0.25, 0.3) is 0 Å². The van der Waals surface area contributed by atoms with Crippen molar-refractivity contribution in [2.24, 2.45) is 5.10 Å². The number of halogens is 2. The number of non-ortho nitro benzene ring substituents is 1. The van der Waals surface area contributed by atoms with Crippen LogP contribution < -0.4 is 10.2 Å². The van der Waals surface area contributed by atoms with E-state index >= 15 is 0 Å². The molecule has 0 bridgehead atoms. The van der Waals surface area contributed by atoms with E-state index in [4.69, 9.17) is 27.9 Å². The third kappa shape index (κ3) is 5.88. The van der Waals surface area contributed by atoms with E-state index in [0.29, 0.717) is 16.3 Å². The lowest BCUT2D eigenvalue weighted by Crippen LogP contribution is -2.17. The van der Waals surface area contributed by atoms with Gasteiger partial charge in [0.1, 0.15) is 5.75 Å². The van der Waals surface area contributed by atoms with Crippen molar-refractivity contribution in [1.29, 1.82) is 0 Å². The van der Waals surface area contributed by atoms with Crippen LogP contribution in [0.4, 0.5) is 5.69 Å². The minimum Gasteiger partial charge on any atom is -0.423 e. The minimum absolute atomic E-state index is 0.112. The van der Waals surface area contributed by atoms with Gasteiger partial charge >= 0.3 is 5.97 Å². The van der Waals surface area contributed by atoms with Gasteiger partial charge in [-0.1, -0.05) is 23.2 Å². The maximum Gasteiger partial charge on any atom is 0.345 e. The number of esters is 1. The number of nitrogens with one attached hydrogen (secondary N) is 1. The number of nitro groups is 1. The Hall–Kier alpha value is -3.75. The molecule has 1 amide bonds. The Bertz CT molecular complexity index is 1160. The van der Waals surface area contributed by atoms with Gasteiger partial charge in [-0.3, -0.25) is 14.9 Å². The first-order valence-electron chi connectivity index (χ1n) is 8.68. The van der Waals surface area contributed by atoms with E-state index in [1.807, 2.05) is 0 Å². The number of hydrogen-bond acceptors (Lipinski definition) is 6. The fraction of sp³-hybridized carbons (Fsp3) is 0. The van der Waals surface area contributed by atoms with Crippen LogP contribution in [-0.4, -0.2) is 23.0 Å². The molecule has 0 aromatic heterocycles. The van der Waals surface area contributed by atoms with Crippen LogP contribution >= 0.6 is 23.2 Å². The number of nitro benzene ring substituents is 1. The summed E-state index contributed by atoms with van der Waals surface area (Å²) in [5.41, 5.74) is 3.26. The van der Waals surface area contributed by atoms with E-state index in [1.165, 1.54) is 48.7 Å². The number of hydrogen-bond donors (Lipinski definition) is 1. The molecule has 0 fully saturated rings. The molecule has 0 atom stereocenters. The second-order valence-electron chi connectivity index (χ2n) is 6.09. The van der Waals surface area contributed by atoms with Crippen molar-refractivity contribution in [1.82, 2.24) is 5.43 Å². The molecular formula is C21H13Cl2N3O5. The molecule has 1 N–H and O–H groups in total. The molecule has 0 spiro atoms. The average molecular weight is 458 g/mol. The molecule has 0 radical (unpaired) electrons. The van der Waals surface area contributed by atoms with Crippen LogP contribution in [0.3, 0.4) is 0 Å². The zero-order valence-electron chi connectivity index (χ0n) is 15.6. The standard InChI is InChI=1S/C21H13Cl2N3O5/c22-15-5-10-18(19(23)11-15)21(28)31-17-8-1-13(2-9-17)12-24-25-20(27)14-3-6-16(7-4-14)26(29)30/h1-12H,(H,25,27). The van der Waals surface area contributed by atoms with E-state index < -0.39 is 16.8 Å². The van der Waals surface area contributed by atoms with Gasteiger partial charge in [-0.05, 0) is 60.2 Å². The molecule has 3 rings (SSSR count). The molecular weight excluding hydrogens is 445 g/mol. The quantitative estimate of drug-likeness (QED) is 0.186. The van der Waals surface area contributed by atoms with Crippen molar-refractivity contribution >= 4 is 47.0 Å². The van der Waals surface area contributed by atoms with Crippen molar-refractivity contribution < 1.29 is 19.2 Å². The van der Waals surface area contributed by atoms with E-state index in [1.54, 1.807) is 24.3 Å². The van der Waals surface area contributed by atoms with Gasteiger partial charge in [0.2, 0.25) is 0 Å². The predicted octanol–water partition coefficient (Wildman–Crippen LogP) is 4.88. The molecule has 8 nitrogen and oxygen atoms in total. The highest BCUT2D eigenvalue weighted by atomic mass is 35.5. The number of amides is 1. The summed E-state index contributed by atoms with van der Waals surface area (Å²) in [7, 11) is 0. The number of carbonyl (C=O) groups is 2. The Morgan fingerprint density at radius 1 is 1.00 bits per heavy atom. The van der Waals surface area contributed by atoms with Gasteiger partial charge in [-0.25, -0.2) is 10.2 Å². The highest BCUT2D eigenvalue weighted by molar-refractivity contribution is 6.36. The molecule has 0 aliphatic rings. The average Bonchev–Trinajstić information content (AvgIpc) is 2.74. The molecule has 31 heavy (non-hydrogen) atoms. The SMILES string of the molecule is O=C(NN=Cc1ccc(OC(=O)c2ccc(Cl)cc2Cl)cc1)c1ccc([N+](=O)[O-])cc1. The molecule has 0 saturated heterocycles. The number of nitrogens with zero attached hydrogens (tertiary/aromatic N) is 2. The third-order valence-corrected chi connectivity index (χ3v) is 4.51. The highest BCUT2D eigenvalue weighted by Crippen LogP contribution is 2.23. The summed E-state index contributed by atoms with van der Waals surface area (Å²) in [6.45, 7) is 0. The second kappa shape index (κ2) is 9.84. The van der Waals surface area contributed by atoms with E-state index in [-0.39, 0.29) is 21.8 Å². The third-order valence-electron chi connectivity index (χ3n) is 3.96. The molecule has 0 aliphatic carbocycles. The minimum atomic E-state index is -0.626. The van der Waals surface area contributed by atoms with Crippen LogP contribution in [0.2, 0.25) is 10.0 Å². The maximum absolute atomic E-state index is 12.2. The van der Waals surface area contributed by atoms with E-state index in [0.717, 1.165) is 0 Å². The predicted molar refractivity (Wildman–Crippen MR) is 116 cm³/mol. The topological polar surface area (TPSA) is 111 Å². The number of carbonyl (C=O) groups excluding carboxylic acids is 2. The number of benzene rings is 3. The van der Waals surface area contributed by atoms with Crippen LogP contribution in [0.1, 0.15) is 26.3 Å². The summed E-state index contributed by atoms with van der Waals surface area (Å²) >= 11 is 11.8. The van der Waals surface area contributed by atoms with E-state index in [2.05, 4.69) is 10.5 Å². The molecule has 0 heterocycles. The normalized spacial score (nSPS) is 10.6. The van der Waals surface area contributed by atoms with Gasteiger partial charge in [0.05, 0.1) is 21.7 Å². The van der Waals surface area contributed by atoms with Gasteiger partial charge in [-0.2, -0.15) is 5.10 Å². The maximum atomic E-state index is 12.2. The molecule has 3 aromatic carbocycles. The smallest absolute Gasteiger partial charge is 0.345 e. The lowest BCUT2D eigenvalue weighted by Gasteiger charge is -2.06. The van der Waals surface area contributed by atoms with Gasteiger partial charge in [-0.15, -0.1) is 0 Å². The van der Waals surface area contributed by atoms with Crippen molar-refractivity contribution in [2.45, 2.75) is 0 Å². The van der Waals surface area contributed by atoms with Gasteiger partial charge in [0, 0.05) is 22.7 Å². The number of ether oxygens (including phenoxy) is 1. The summed E-state index contributed by atoms with van der Waals surface area (Å²) in [5, 5.41) is 15.1.